The quantitative estimate of drug-likeness (QED) is 0.421. The molecule has 4 aromatic rings. The predicted octanol–water partition coefficient (Wildman–Crippen LogP) is 3.83. The largest absolute Gasteiger partial charge is 0.333 e. The summed E-state index contributed by atoms with van der Waals surface area (Å²) in [7, 11) is 0. The van der Waals surface area contributed by atoms with Crippen LogP contribution in [0.5, 0.6) is 0 Å². The third-order valence-corrected chi connectivity index (χ3v) is 5.87. The van der Waals surface area contributed by atoms with Gasteiger partial charge in [0.25, 0.3) is 5.56 Å². The van der Waals surface area contributed by atoms with Crippen molar-refractivity contribution in [1.29, 1.82) is 0 Å². The number of nitrogens with one attached hydrogen (secondary N) is 1. The third kappa shape index (κ3) is 5.26. The lowest BCUT2D eigenvalue weighted by Crippen LogP contribution is -2.43. The van der Waals surface area contributed by atoms with Crippen molar-refractivity contribution >= 4 is 22.8 Å². The highest BCUT2D eigenvalue weighted by Gasteiger charge is 2.20. The molecule has 0 fully saturated rings. The van der Waals surface area contributed by atoms with E-state index >= 15 is 0 Å². The normalized spacial score (nSPS) is 11.5. The van der Waals surface area contributed by atoms with Crippen LogP contribution in [0.4, 0.5) is 5.69 Å². The highest BCUT2D eigenvalue weighted by atomic mass is 16.2. The van der Waals surface area contributed by atoms with Gasteiger partial charge < -0.3 is 9.88 Å². The second kappa shape index (κ2) is 10.1. The number of hydrogen-bond donors (Lipinski definition) is 1. The van der Waals surface area contributed by atoms with Gasteiger partial charge in [0.1, 0.15) is 6.54 Å². The average molecular weight is 474 g/mol. The fraction of sp³-hybridized carbons (Fsp3) is 0.333. The molecule has 0 aliphatic carbocycles. The Balaban J connectivity index is 1.76. The van der Waals surface area contributed by atoms with E-state index in [1.807, 2.05) is 62.4 Å². The van der Waals surface area contributed by atoms with Crippen molar-refractivity contribution in [3.63, 3.8) is 0 Å². The molecule has 0 atom stereocenters. The summed E-state index contributed by atoms with van der Waals surface area (Å²) >= 11 is 0. The van der Waals surface area contributed by atoms with Crippen molar-refractivity contribution in [3.05, 3.63) is 92.9 Å². The molecule has 0 saturated heterocycles. The lowest BCUT2D eigenvalue weighted by atomic mass is 10.0. The molecule has 0 aliphatic heterocycles. The van der Waals surface area contributed by atoms with E-state index in [1.54, 1.807) is 17.0 Å². The Morgan fingerprint density at radius 3 is 2.40 bits per heavy atom. The molecule has 4 rings (SSSR count). The van der Waals surface area contributed by atoms with Crippen molar-refractivity contribution in [1.82, 2.24) is 18.7 Å². The Bertz CT molecular complexity index is 1460. The van der Waals surface area contributed by atoms with Gasteiger partial charge in [0.2, 0.25) is 5.91 Å². The fourth-order valence-corrected chi connectivity index (χ4v) is 4.14. The first kappa shape index (κ1) is 24.2. The molecule has 0 aliphatic rings. The molecule has 0 radical (unpaired) electrons. The zero-order chi connectivity index (χ0) is 25.1. The Kier molecular flexibility index (Phi) is 7.00. The van der Waals surface area contributed by atoms with E-state index in [1.165, 1.54) is 4.57 Å². The number of imidazole rings is 1. The maximum atomic E-state index is 13.5. The number of nitrogens with zero attached hydrogens (tertiary/aromatic N) is 4. The van der Waals surface area contributed by atoms with Gasteiger partial charge >= 0.3 is 5.69 Å². The summed E-state index contributed by atoms with van der Waals surface area (Å²) in [6, 6.07) is 17.1. The van der Waals surface area contributed by atoms with E-state index < -0.39 is 17.2 Å². The molecule has 0 unspecified atom stereocenters. The standard InChI is InChI=1S/C27H31N5O3/c1-18(2)14-30-17-28-25-24(30)26(34)32(27(35)31(25)15-20-9-6-5-7-10-20)16-23(33)29-22-12-8-11-21(13-22)19(3)4/h5-13,17-19H,14-16H2,1-4H3,(H,29,33). The summed E-state index contributed by atoms with van der Waals surface area (Å²) in [5.74, 6) is 0.139. The lowest BCUT2D eigenvalue weighted by molar-refractivity contribution is -0.116. The van der Waals surface area contributed by atoms with Gasteiger partial charge in [0, 0.05) is 12.2 Å². The molecule has 0 saturated carbocycles. The number of amides is 1. The maximum Gasteiger partial charge on any atom is 0.333 e. The van der Waals surface area contributed by atoms with E-state index in [-0.39, 0.29) is 19.0 Å². The number of fused-ring (bicyclic) bond motifs is 1. The van der Waals surface area contributed by atoms with Gasteiger partial charge in [-0.05, 0) is 35.1 Å². The van der Waals surface area contributed by atoms with E-state index in [0.29, 0.717) is 29.3 Å². The fourth-order valence-electron chi connectivity index (χ4n) is 4.14. The average Bonchev–Trinajstić information content (AvgIpc) is 3.23. The van der Waals surface area contributed by atoms with Crippen LogP contribution in [0.25, 0.3) is 11.2 Å². The van der Waals surface area contributed by atoms with E-state index in [2.05, 4.69) is 24.1 Å². The maximum absolute atomic E-state index is 13.5. The first-order valence-electron chi connectivity index (χ1n) is 11.9. The Hall–Kier alpha value is -3.94. The molecule has 35 heavy (non-hydrogen) atoms. The predicted molar refractivity (Wildman–Crippen MR) is 138 cm³/mol. The molecule has 182 valence electrons. The van der Waals surface area contributed by atoms with Crippen molar-refractivity contribution in [2.45, 2.75) is 53.2 Å². The summed E-state index contributed by atoms with van der Waals surface area (Å²) in [4.78, 5) is 44.3. The number of aromatic nitrogens is 4. The third-order valence-electron chi connectivity index (χ3n) is 5.87. The SMILES string of the molecule is CC(C)Cn1cnc2c1c(=O)n(CC(=O)Nc1cccc(C(C)C)c1)c(=O)n2Cc1ccccc1. The first-order chi connectivity index (χ1) is 16.7. The number of hydrogen-bond acceptors (Lipinski definition) is 4. The van der Waals surface area contributed by atoms with Crippen molar-refractivity contribution in [2.24, 2.45) is 5.92 Å². The molecule has 2 aromatic carbocycles. The van der Waals surface area contributed by atoms with Gasteiger partial charge in [-0.2, -0.15) is 0 Å². The molecule has 0 spiro atoms. The molecular formula is C27H31N5O3. The second-order valence-electron chi connectivity index (χ2n) is 9.54. The Morgan fingerprint density at radius 1 is 0.971 bits per heavy atom. The minimum atomic E-state index is -0.563. The summed E-state index contributed by atoms with van der Waals surface area (Å²) in [5.41, 5.74) is 2.18. The number of rotatable bonds is 8. The zero-order valence-corrected chi connectivity index (χ0v) is 20.6. The van der Waals surface area contributed by atoms with Gasteiger partial charge in [-0.3, -0.25) is 14.2 Å². The van der Waals surface area contributed by atoms with E-state index in [9.17, 15) is 14.4 Å². The minimum absolute atomic E-state index is 0.243. The van der Waals surface area contributed by atoms with Crippen molar-refractivity contribution < 1.29 is 4.79 Å². The van der Waals surface area contributed by atoms with Gasteiger partial charge in [-0.15, -0.1) is 0 Å². The van der Waals surface area contributed by atoms with Gasteiger partial charge in [-0.1, -0.05) is 70.2 Å². The molecule has 2 aromatic heterocycles. The highest BCUT2D eigenvalue weighted by Crippen LogP contribution is 2.18. The smallest absolute Gasteiger partial charge is 0.325 e. The number of benzene rings is 2. The number of anilines is 1. The first-order valence-corrected chi connectivity index (χ1v) is 11.9. The van der Waals surface area contributed by atoms with Crippen LogP contribution in [0.15, 0.2) is 70.5 Å². The molecule has 8 nitrogen and oxygen atoms in total. The minimum Gasteiger partial charge on any atom is -0.325 e. The molecule has 8 heteroatoms. The topological polar surface area (TPSA) is 90.9 Å². The Morgan fingerprint density at radius 2 is 1.71 bits per heavy atom. The lowest BCUT2D eigenvalue weighted by Gasteiger charge is -2.14. The van der Waals surface area contributed by atoms with Gasteiger partial charge in [0.15, 0.2) is 11.2 Å². The van der Waals surface area contributed by atoms with Crippen LogP contribution in [0.1, 0.15) is 44.7 Å². The van der Waals surface area contributed by atoms with Crippen LogP contribution in [0, 0.1) is 5.92 Å². The summed E-state index contributed by atoms with van der Waals surface area (Å²) < 4.78 is 4.24. The summed E-state index contributed by atoms with van der Waals surface area (Å²) in [5, 5.41) is 2.83. The van der Waals surface area contributed by atoms with Crippen LogP contribution < -0.4 is 16.6 Å². The Labute approximate surface area is 203 Å². The zero-order valence-electron chi connectivity index (χ0n) is 20.6. The summed E-state index contributed by atoms with van der Waals surface area (Å²) in [6.45, 7) is 8.67. The molecule has 0 bridgehead atoms. The highest BCUT2D eigenvalue weighted by molar-refractivity contribution is 5.90. The van der Waals surface area contributed by atoms with Crippen molar-refractivity contribution in [2.75, 3.05) is 5.32 Å². The molecule has 2 heterocycles. The van der Waals surface area contributed by atoms with Crippen LogP contribution >= 0.6 is 0 Å². The molecule has 1 N–H and O–H groups in total. The monoisotopic (exact) mass is 473 g/mol. The molecular weight excluding hydrogens is 442 g/mol. The van der Waals surface area contributed by atoms with Crippen molar-refractivity contribution in [3.8, 4) is 0 Å². The van der Waals surface area contributed by atoms with E-state index in [4.69, 9.17) is 0 Å². The number of carbonyl (C=O) groups is 1. The molecule has 1 amide bonds. The van der Waals surface area contributed by atoms with E-state index in [0.717, 1.165) is 15.7 Å². The number of carbonyl (C=O) groups excluding carboxylic acids is 1. The van der Waals surface area contributed by atoms with Gasteiger partial charge in [0.05, 0.1) is 12.9 Å². The van der Waals surface area contributed by atoms with Crippen LogP contribution in [0.3, 0.4) is 0 Å². The summed E-state index contributed by atoms with van der Waals surface area (Å²) in [6.07, 6.45) is 1.59. The van der Waals surface area contributed by atoms with Crippen LogP contribution in [0.2, 0.25) is 0 Å². The second-order valence-corrected chi connectivity index (χ2v) is 9.54. The van der Waals surface area contributed by atoms with Crippen LogP contribution in [-0.4, -0.2) is 24.6 Å². The van der Waals surface area contributed by atoms with Gasteiger partial charge in [-0.25, -0.2) is 14.3 Å². The van der Waals surface area contributed by atoms with Crippen LogP contribution in [-0.2, 0) is 24.4 Å².